The van der Waals surface area contributed by atoms with Crippen molar-refractivity contribution in [2.45, 2.75) is 25.8 Å². The van der Waals surface area contributed by atoms with Crippen molar-refractivity contribution in [3.05, 3.63) is 71.3 Å². The highest BCUT2D eigenvalue weighted by Gasteiger charge is 2.34. The zero-order valence-corrected chi connectivity index (χ0v) is 18.0. The Morgan fingerprint density at radius 1 is 1.07 bits per heavy atom. The monoisotopic (exact) mass is 415 g/mol. The third-order valence-electron chi connectivity index (χ3n) is 5.37. The van der Waals surface area contributed by atoms with Crippen molar-refractivity contribution in [2.24, 2.45) is 5.92 Å². The Morgan fingerprint density at radius 2 is 1.69 bits per heavy atom. The van der Waals surface area contributed by atoms with Crippen molar-refractivity contribution < 1.29 is 13.2 Å². The second-order valence-electron chi connectivity index (χ2n) is 7.75. The van der Waals surface area contributed by atoms with E-state index in [9.17, 15) is 13.2 Å². The summed E-state index contributed by atoms with van der Waals surface area (Å²) in [4.78, 5) is 13.1. The van der Waals surface area contributed by atoms with Gasteiger partial charge in [-0.15, -0.1) is 0 Å². The minimum Gasteiger partial charge on any atom is -0.345 e. The van der Waals surface area contributed by atoms with Crippen LogP contribution in [0.2, 0.25) is 0 Å². The van der Waals surface area contributed by atoms with Crippen LogP contribution in [0, 0.1) is 12.8 Å². The number of benzene rings is 2. The molecule has 156 valence electrons. The lowest BCUT2D eigenvalue weighted by Crippen LogP contribution is -2.49. The van der Waals surface area contributed by atoms with Gasteiger partial charge in [0.1, 0.15) is 0 Å². The van der Waals surface area contributed by atoms with E-state index in [2.05, 4.69) is 5.32 Å². The van der Waals surface area contributed by atoms with Crippen LogP contribution in [-0.4, -0.2) is 50.1 Å². The zero-order valence-electron chi connectivity index (χ0n) is 17.2. The molecule has 2 aromatic rings. The molecule has 3 rings (SSSR count). The first-order valence-corrected chi connectivity index (χ1v) is 11.3. The Morgan fingerprint density at radius 3 is 2.31 bits per heavy atom. The third kappa shape index (κ3) is 5.04. The van der Waals surface area contributed by atoms with Gasteiger partial charge < -0.3 is 5.32 Å². The summed E-state index contributed by atoms with van der Waals surface area (Å²) in [5, 5.41) is 3.17. The van der Waals surface area contributed by atoms with E-state index in [0.717, 1.165) is 16.7 Å². The SMILES string of the molecule is Cc1ccc([C@H](NC(=O)[C@H]2CCCN(S(=O)(=O)N(C)C)C2)c2ccccc2)cc1. The van der Waals surface area contributed by atoms with Crippen molar-refractivity contribution in [3.63, 3.8) is 0 Å². The second kappa shape index (κ2) is 9.07. The van der Waals surface area contributed by atoms with Crippen LogP contribution in [0.5, 0.6) is 0 Å². The highest BCUT2D eigenvalue weighted by atomic mass is 32.2. The molecule has 0 aromatic heterocycles. The lowest BCUT2D eigenvalue weighted by Gasteiger charge is -2.33. The maximum Gasteiger partial charge on any atom is 0.281 e. The van der Waals surface area contributed by atoms with Gasteiger partial charge in [0.2, 0.25) is 5.91 Å². The molecule has 0 aliphatic carbocycles. The van der Waals surface area contributed by atoms with Gasteiger partial charge in [-0.25, -0.2) is 0 Å². The molecule has 0 bridgehead atoms. The van der Waals surface area contributed by atoms with E-state index in [1.807, 2.05) is 61.5 Å². The van der Waals surface area contributed by atoms with Crippen LogP contribution < -0.4 is 5.32 Å². The molecule has 2 aromatic carbocycles. The number of nitrogens with zero attached hydrogens (tertiary/aromatic N) is 2. The third-order valence-corrected chi connectivity index (χ3v) is 7.28. The van der Waals surface area contributed by atoms with E-state index in [1.54, 1.807) is 0 Å². The summed E-state index contributed by atoms with van der Waals surface area (Å²) in [6.07, 6.45) is 1.35. The van der Waals surface area contributed by atoms with Gasteiger partial charge in [0.15, 0.2) is 0 Å². The molecule has 0 unspecified atom stereocenters. The van der Waals surface area contributed by atoms with E-state index in [0.29, 0.717) is 19.4 Å². The summed E-state index contributed by atoms with van der Waals surface area (Å²) >= 11 is 0. The maximum absolute atomic E-state index is 13.1. The summed E-state index contributed by atoms with van der Waals surface area (Å²) in [5.74, 6) is -0.479. The van der Waals surface area contributed by atoms with Crippen LogP contribution in [0.15, 0.2) is 54.6 Å². The molecule has 1 aliphatic rings. The molecular formula is C22H29N3O3S. The highest BCUT2D eigenvalue weighted by molar-refractivity contribution is 7.86. The zero-order chi connectivity index (χ0) is 21.0. The number of amides is 1. The molecule has 7 heteroatoms. The summed E-state index contributed by atoms with van der Waals surface area (Å²) < 4.78 is 27.5. The van der Waals surface area contributed by atoms with Crippen molar-refractivity contribution in [2.75, 3.05) is 27.2 Å². The molecule has 0 radical (unpaired) electrons. The number of nitrogens with one attached hydrogen (secondary N) is 1. The van der Waals surface area contributed by atoms with Gasteiger partial charge in [0, 0.05) is 27.2 Å². The molecule has 1 heterocycles. The average molecular weight is 416 g/mol. The number of aryl methyl sites for hydroxylation is 1. The minimum absolute atomic E-state index is 0.113. The number of piperidine rings is 1. The topological polar surface area (TPSA) is 69.7 Å². The van der Waals surface area contributed by atoms with E-state index >= 15 is 0 Å². The molecule has 2 atom stereocenters. The Labute approximate surface area is 173 Å². The van der Waals surface area contributed by atoms with Crippen molar-refractivity contribution in [1.82, 2.24) is 13.9 Å². The van der Waals surface area contributed by atoms with Gasteiger partial charge in [-0.2, -0.15) is 17.0 Å². The molecule has 0 saturated carbocycles. The Hall–Kier alpha value is -2.22. The molecule has 1 N–H and O–H groups in total. The molecule has 1 aliphatic heterocycles. The number of carbonyl (C=O) groups excluding carboxylic acids is 1. The van der Waals surface area contributed by atoms with Gasteiger partial charge in [-0.1, -0.05) is 60.2 Å². The van der Waals surface area contributed by atoms with Gasteiger partial charge in [-0.3, -0.25) is 4.79 Å². The quantitative estimate of drug-likeness (QED) is 0.789. The second-order valence-corrected chi connectivity index (χ2v) is 9.89. The van der Waals surface area contributed by atoms with Crippen LogP contribution in [-0.2, 0) is 15.0 Å². The Kier molecular flexibility index (Phi) is 6.72. The van der Waals surface area contributed by atoms with E-state index in [-0.39, 0.29) is 24.4 Å². The van der Waals surface area contributed by atoms with E-state index in [1.165, 1.54) is 22.7 Å². The summed E-state index contributed by atoms with van der Waals surface area (Å²) in [5.41, 5.74) is 3.16. The lowest BCUT2D eigenvalue weighted by atomic mass is 9.94. The maximum atomic E-state index is 13.1. The summed E-state index contributed by atoms with van der Waals surface area (Å²) in [6, 6.07) is 17.7. The lowest BCUT2D eigenvalue weighted by molar-refractivity contribution is -0.126. The predicted molar refractivity (Wildman–Crippen MR) is 115 cm³/mol. The van der Waals surface area contributed by atoms with Gasteiger partial charge in [-0.05, 0) is 30.9 Å². The van der Waals surface area contributed by atoms with Crippen LogP contribution >= 0.6 is 0 Å². The normalized spacial score (nSPS) is 19.1. The van der Waals surface area contributed by atoms with E-state index in [4.69, 9.17) is 0 Å². The molecule has 1 amide bonds. The Bertz CT molecular complexity index is 928. The van der Waals surface area contributed by atoms with Crippen LogP contribution in [0.1, 0.15) is 35.6 Å². The minimum atomic E-state index is -3.52. The average Bonchev–Trinajstić information content (AvgIpc) is 2.73. The molecule has 29 heavy (non-hydrogen) atoms. The molecule has 1 fully saturated rings. The number of hydrogen-bond donors (Lipinski definition) is 1. The summed E-state index contributed by atoms with van der Waals surface area (Å²) in [7, 11) is -0.486. The van der Waals surface area contributed by atoms with Crippen LogP contribution in [0.25, 0.3) is 0 Å². The van der Waals surface area contributed by atoms with Crippen molar-refractivity contribution >= 4 is 16.1 Å². The fourth-order valence-electron chi connectivity index (χ4n) is 3.62. The highest BCUT2D eigenvalue weighted by Crippen LogP contribution is 2.25. The van der Waals surface area contributed by atoms with E-state index < -0.39 is 10.2 Å². The first-order chi connectivity index (χ1) is 13.8. The molecule has 0 spiro atoms. The molecular weight excluding hydrogens is 386 g/mol. The van der Waals surface area contributed by atoms with Crippen molar-refractivity contribution in [3.8, 4) is 0 Å². The van der Waals surface area contributed by atoms with Gasteiger partial charge >= 0.3 is 0 Å². The molecule has 1 saturated heterocycles. The van der Waals surface area contributed by atoms with Crippen molar-refractivity contribution in [1.29, 1.82) is 0 Å². The van der Waals surface area contributed by atoms with Crippen LogP contribution in [0.4, 0.5) is 0 Å². The van der Waals surface area contributed by atoms with Gasteiger partial charge in [0.25, 0.3) is 10.2 Å². The molecule has 6 nitrogen and oxygen atoms in total. The first kappa shape index (κ1) is 21.5. The largest absolute Gasteiger partial charge is 0.345 e. The summed E-state index contributed by atoms with van der Waals surface area (Å²) in [6.45, 7) is 2.69. The fraction of sp³-hybridized carbons (Fsp3) is 0.409. The first-order valence-electron chi connectivity index (χ1n) is 9.88. The smallest absolute Gasteiger partial charge is 0.281 e. The fourth-order valence-corrected chi connectivity index (χ4v) is 4.81. The standard InChI is InChI=1S/C22H29N3O3S/c1-17-11-13-19(14-12-17)21(18-8-5-4-6-9-18)23-22(26)20-10-7-15-25(16-20)29(27,28)24(2)3/h4-6,8-9,11-14,20-21H,7,10,15-16H2,1-3H3,(H,23,26)/t20-,21+/m0/s1. The van der Waals surface area contributed by atoms with Crippen LogP contribution in [0.3, 0.4) is 0 Å². The Balaban J connectivity index is 1.80. The number of hydrogen-bond acceptors (Lipinski definition) is 3. The predicted octanol–water partition coefficient (Wildman–Crippen LogP) is 2.72. The van der Waals surface area contributed by atoms with Gasteiger partial charge in [0.05, 0.1) is 12.0 Å². The number of carbonyl (C=O) groups is 1. The number of rotatable bonds is 6.